The molecule has 0 spiro atoms. The molecule has 2 aliphatic heterocycles. The summed E-state index contributed by atoms with van der Waals surface area (Å²) in [5.74, 6) is 0.562. The Balaban J connectivity index is 1.45. The van der Waals surface area contributed by atoms with Crippen LogP contribution in [0.3, 0.4) is 0 Å². The predicted molar refractivity (Wildman–Crippen MR) is 116 cm³/mol. The number of para-hydroxylation sites is 1. The van der Waals surface area contributed by atoms with Crippen molar-refractivity contribution in [3.8, 4) is 5.75 Å². The van der Waals surface area contributed by atoms with E-state index in [0.717, 1.165) is 34.6 Å². The maximum atomic E-state index is 13.9. The van der Waals surface area contributed by atoms with Crippen molar-refractivity contribution in [1.82, 2.24) is 5.01 Å². The van der Waals surface area contributed by atoms with Crippen LogP contribution in [0.15, 0.2) is 96.1 Å². The fraction of sp³-hybridized carbons (Fsp3) is 0.115. The molecule has 0 aromatic heterocycles. The largest absolute Gasteiger partial charge is 0.464 e. The highest BCUT2D eigenvalue weighted by molar-refractivity contribution is 6.04. The Morgan fingerprint density at radius 3 is 2.57 bits per heavy atom. The summed E-state index contributed by atoms with van der Waals surface area (Å²) in [5.41, 5.74) is 4.01. The van der Waals surface area contributed by atoms with Gasteiger partial charge >= 0.3 is 0 Å². The fourth-order valence-corrected chi connectivity index (χ4v) is 4.46. The van der Waals surface area contributed by atoms with E-state index < -0.39 is 6.23 Å². The van der Waals surface area contributed by atoms with Crippen molar-refractivity contribution in [3.63, 3.8) is 0 Å². The number of fused-ring (bicyclic) bond motifs is 4. The van der Waals surface area contributed by atoms with Gasteiger partial charge in [0.15, 0.2) is 0 Å². The fourth-order valence-electron chi connectivity index (χ4n) is 4.46. The van der Waals surface area contributed by atoms with Crippen LogP contribution in [0.2, 0.25) is 0 Å². The van der Waals surface area contributed by atoms with Gasteiger partial charge in [-0.25, -0.2) is 9.40 Å². The topological polar surface area (TPSA) is 24.8 Å². The van der Waals surface area contributed by atoms with Crippen molar-refractivity contribution in [2.24, 2.45) is 5.10 Å². The first kappa shape index (κ1) is 17.2. The van der Waals surface area contributed by atoms with Gasteiger partial charge < -0.3 is 4.74 Å². The number of hydrazone groups is 1. The molecule has 4 aromatic carbocycles. The van der Waals surface area contributed by atoms with Gasteiger partial charge in [0.05, 0.1) is 11.8 Å². The summed E-state index contributed by atoms with van der Waals surface area (Å²) in [7, 11) is 0. The Morgan fingerprint density at radius 2 is 1.67 bits per heavy atom. The summed E-state index contributed by atoms with van der Waals surface area (Å²) >= 11 is 0. The zero-order valence-electron chi connectivity index (χ0n) is 16.2. The second-order valence-corrected chi connectivity index (χ2v) is 7.77. The average Bonchev–Trinajstić information content (AvgIpc) is 3.24. The maximum Gasteiger partial charge on any atom is 0.213 e. The van der Waals surface area contributed by atoms with E-state index in [9.17, 15) is 4.39 Å². The van der Waals surface area contributed by atoms with E-state index in [-0.39, 0.29) is 11.9 Å². The second kappa shape index (κ2) is 6.70. The summed E-state index contributed by atoms with van der Waals surface area (Å²) in [6.45, 7) is 0. The summed E-state index contributed by atoms with van der Waals surface area (Å²) in [4.78, 5) is 0. The standard InChI is InChI=1S/C26H19FN2O/c27-21-9-5-8-20(15-21)26-29-24(22-10-3-4-11-25(22)30-26)16-23(28-29)19-13-12-17-6-1-2-7-18(17)14-19/h1-15,24,26H,16H2/t24-,26-/m0/s1. The molecule has 0 aliphatic carbocycles. The minimum absolute atomic E-state index is 0.0599. The lowest BCUT2D eigenvalue weighted by Gasteiger charge is -2.38. The van der Waals surface area contributed by atoms with Crippen LogP contribution in [-0.4, -0.2) is 10.7 Å². The van der Waals surface area contributed by atoms with Crippen molar-refractivity contribution in [2.45, 2.75) is 18.7 Å². The lowest BCUT2D eigenvalue weighted by molar-refractivity contribution is -0.0192. The molecule has 0 bridgehead atoms. The molecular formula is C26H19FN2O. The van der Waals surface area contributed by atoms with E-state index in [4.69, 9.17) is 9.84 Å². The van der Waals surface area contributed by atoms with Gasteiger partial charge in [-0.3, -0.25) is 0 Å². The van der Waals surface area contributed by atoms with Crippen molar-refractivity contribution in [3.05, 3.63) is 114 Å². The van der Waals surface area contributed by atoms with Gasteiger partial charge in [0.25, 0.3) is 0 Å². The van der Waals surface area contributed by atoms with Crippen LogP contribution in [0.4, 0.5) is 4.39 Å². The molecule has 0 amide bonds. The third kappa shape index (κ3) is 2.76. The summed E-state index contributed by atoms with van der Waals surface area (Å²) in [5, 5.41) is 9.37. The summed E-state index contributed by atoms with van der Waals surface area (Å²) < 4.78 is 20.2. The van der Waals surface area contributed by atoms with E-state index in [1.807, 2.05) is 35.3 Å². The summed E-state index contributed by atoms with van der Waals surface area (Å²) in [6, 6.07) is 29.5. The molecule has 0 saturated heterocycles. The first-order chi connectivity index (χ1) is 14.8. The molecule has 2 aliphatic rings. The molecule has 0 unspecified atom stereocenters. The molecule has 3 nitrogen and oxygen atoms in total. The molecule has 2 heterocycles. The first-order valence-corrected chi connectivity index (χ1v) is 10.1. The van der Waals surface area contributed by atoms with Gasteiger partial charge in [-0.1, -0.05) is 66.7 Å². The lowest BCUT2D eigenvalue weighted by atomic mass is 9.95. The van der Waals surface area contributed by atoms with E-state index in [1.165, 1.54) is 22.9 Å². The van der Waals surface area contributed by atoms with E-state index in [2.05, 4.69) is 42.5 Å². The Kier molecular flexibility index (Phi) is 3.85. The van der Waals surface area contributed by atoms with Crippen molar-refractivity contribution >= 4 is 16.5 Å². The van der Waals surface area contributed by atoms with Crippen LogP contribution >= 0.6 is 0 Å². The number of nitrogens with zero attached hydrogens (tertiary/aromatic N) is 2. The first-order valence-electron chi connectivity index (χ1n) is 10.1. The molecule has 4 aromatic rings. The quantitative estimate of drug-likeness (QED) is 0.403. The van der Waals surface area contributed by atoms with Gasteiger partial charge in [0.1, 0.15) is 11.6 Å². The zero-order valence-corrected chi connectivity index (χ0v) is 16.2. The van der Waals surface area contributed by atoms with Crippen LogP contribution < -0.4 is 4.74 Å². The summed E-state index contributed by atoms with van der Waals surface area (Å²) in [6.07, 6.45) is 0.323. The number of rotatable bonds is 2. The van der Waals surface area contributed by atoms with Crippen LogP contribution in [-0.2, 0) is 0 Å². The van der Waals surface area contributed by atoms with Gasteiger partial charge in [-0.15, -0.1) is 0 Å². The molecule has 2 atom stereocenters. The maximum absolute atomic E-state index is 13.9. The third-order valence-corrected chi connectivity index (χ3v) is 5.92. The van der Waals surface area contributed by atoms with Gasteiger partial charge in [0, 0.05) is 17.5 Å². The molecule has 4 heteroatoms. The molecule has 0 saturated carbocycles. The molecule has 30 heavy (non-hydrogen) atoms. The smallest absolute Gasteiger partial charge is 0.213 e. The molecule has 6 rings (SSSR count). The number of benzene rings is 4. The van der Waals surface area contributed by atoms with Crippen LogP contribution in [0.5, 0.6) is 5.75 Å². The van der Waals surface area contributed by atoms with Crippen LogP contribution in [0.25, 0.3) is 10.8 Å². The van der Waals surface area contributed by atoms with Crippen molar-refractivity contribution < 1.29 is 9.13 Å². The highest BCUT2D eigenvalue weighted by atomic mass is 19.1. The normalized spacial score (nSPS) is 19.8. The number of hydrogen-bond acceptors (Lipinski definition) is 3. The van der Waals surface area contributed by atoms with E-state index in [1.54, 1.807) is 6.07 Å². The zero-order chi connectivity index (χ0) is 20.1. The van der Waals surface area contributed by atoms with Crippen molar-refractivity contribution in [2.75, 3.05) is 0 Å². The third-order valence-electron chi connectivity index (χ3n) is 5.92. The van der Waals surface area contributed by atoms with E-state index >= 15 is 0 Å². The van der Waals surface area contributed by atoms with Gasteiger partial charge in [0.2, 0.25) is 6.23 Å². The van der Waals surface area contributed by atoms with Gasteiger partial charge in [-0.05, 0) is 40.6 Å². The Morgan fingerprint density at radius 1 is 0.833 bits per heavy atom. The molecule has 0 N–H and O–H groups in total. The lowest BCUT2D eigenvalue weighted by Crippen LogP contribution is -2.33. The number of ether oxygens (including phenoxy) is 1. The minimum atomic E-state index is -0.460. The Bertz CT molecular complexity index is 1300. The number of hydrogen-bond donors (Lipinski definition) is 0. The molecule has 0 fully saturated rings. The van der Waals surface area contributed by atoms with Crippen LogP contribution in [0, 0.1) is 5.82 Å². The highest BCUT2D eigenvalue weighted by Crippen LogP contribution is 2.47. The van der Waals surface area contributed by atoms with Crippen LogP contribution in [0.1, 0.15) is 35.4 Å². The van der Waals surface area contributed by atoms with Gasteiger partial charge in [-0.2, -0.15) is 5.10 Å². The van der Waals surface area contributed by atoms with E-state index in [0.29, 0.717) is 0 Å². The average molecular weight is 394 g/mol. The minimum Gasteiger partial charge on any atom is -0.464 e. The second-order valence-electron chi connectivity index (χ2n) is 7.77. The number of halogens is 1. The highest BCUT2D eigenvalue weighted by Gasteiger charge is 2.40. The Labute approximate surface area is 174 Å². The molecule has 146 valence electrons. The Hall–Kier alpha value is -3.66. The van der Waals surface area contributed by atoms with Crippen molar-refractivity contribution in [1.29, 1.82) is 0 Å². The molecule has 0 radical (unpaired) electrons. The monoisotopic (exact) mass is 394 g/mol. The molecular weight excluding hydrogens is 375 g/mol. The predicted octanol–water partition coefficient (Wildman–Crippen LogP) is 6.22. The SMILES string of the molecule is Fc1cccc([C@@H]2Oc3ccccc3[C@@H]3CC(c4ccc5ccccc5c4)=NN32)c1.